The fourth-order valence-corrected chi connectivity index (χ4v) is 1.67. The predicted octanol–water partition coefficient (Wildman–Crippen LogP) is 3.63. The van der Waals surface area contributed by atoms with E-state index >= 15 is 0 Å². The molecule has 0 aromatic heterocycles. The summed E-state index contributed by atoms with van der Waals surface area (Å²) in [6, 6.07) is 3.46. The van der Waals surface area contributed by atoms with E-state index in [1.54, 1.807) is 26.8 Å². The van der Waals surface area contributed by atoms with Crippen LogP contribution in [0.15, 0.2) is 18.2 Å². The lowest BCUT2D eigenvalue weighted by Crippen LogP contribution is -2.35. The van der Waals surface area contributed by atoms with E-state index in [2.05, 4.69) is 5.32 Å². The van der Waals surface area contributed by atoms with Gasteiger partial charge in [-0.3, -0.25) is 0 Å². The number of hydrogen-bond donors (Lipinski definition) is 1. The molecule has 1 atom stereocenters. The molecule has 0 saturated heterocycles. The van der Waals surface area contributed by atoms with Gasteiger partial charge < -0.3 is 14.8 Å². The molecule has 0 fully saturated rings. The largest absolute Gasteiger partial charge is 0.444 e. The summed E-state index contributed by atoms with van der Waals surface area (Å²) in [5.41, 5.74) is -0.203. The fourth-order valence-electron chi connectivity index (χ4n) is 1.55. The van der Waals surface area contributed by atoms with Crippen LogP contribution in [-0.4, -0.2) is 18.0 Å². The van der Waals surface area contributed by atoms with Gasteiger partial charge in [0.25, 0.3) is 0 Å². The molecule has 4 nitrogen and oxygen atoms in total. The van der Waals surface area contributed by atoms with E-state index in [4.69, 9.17) is 16.3 Å². The Morgan fingerprint density at radius 3 is 2.65 bits per heavy atom. The Hall–Kier alpha value is -1.62. The predicted molar refractivity (Wildman–Crippen MR) is 74.2 cm³/mol. The van der Waals surface area contributed by atoms with Gasteiger partial charge in [-0.1, -0.05) is 17.7 Å². The number of nitrogens with one attached hydrogen (secondary N) is 1. The Bertz CT molecular complexity index is 500. The van der Waals surface area contributed by atoms with Crippen LogP contribution in [0, 0.1) is 5.82 Å². The summed E-state index contributed by atoms with van der Waals surface area (Å²) in [5.74, 6) is -0.606. The number of alkyl carbamates (subject to hydrolysis) is 1. The SMILES string of the molecule is CC(C)(C)OC(=O)N[C@@H](CC=O)c1ccc(Cl)c(F)c1. The van der Waals surface area contributed by atoms with Gasteiger partial charge in [-0.05, 0) is 38.5 Å². The zero-order valence-corrected chi connectivity index (χ0v) is 12.3. The quantitative estimate of drug-likeness (QED) is 0.864. The van der Waals surface area contributed by atoms with Crippen LogP contribution in [-0.2, 0) is 9.53 Å². The molecule has 0 spiro atoms. The molecule has 1 N–H and O–H groups in total. The molecule has 6 heteroatoms. The minimum Gasteiger partial charge on any atom is -0.444 e. The van der Waals surface area contributed by atoms with Gasteiger partial charge in [0.05, 0.1) is 11.1 Å². The molecule has 0 aliphatic heterocycles. The molecule has 0 unspecified atom stereocenters. The average molecular weight is 302 g/mol. The van der Waals surface area contributed by atoms with Gasteiger partial charge in [-0.2, -0.15) is 0 Å². The van der Waals surface area contributed by atoms with Crippen LogP contribution in [0.5, 0.6) is 0 Å². The molecule has 1 amide bonds. The Morgan fingerprint density at radius 1 is 1.50 bits per heavy atom. The fraction of sp³-hybridized carbons (Fsp3) is 0.429. The summed E-state index contributed by atoms with van der Waals surface area (Å²) in [6.07, 6.45) is -0.00537. The van der Waals surface area contributed by atoms with Crippen LogP contribution in [0.3, 0.4) is 0 Å². The lowest BCUT2D eigenvalue weighted by molar-refractivity contribution is -0.108. The first kappa shape index (κ1) is 16.4. The number of carbonyl (C=O) groups is 2. The van der Waals surface area contributed by atoms with E-state index in [0.717, 1.165) is 0 Å². The Kier molecular flexibility index (Phi) is 5.51. The van der Waals surface area contributed by atoms with E-state index in [9.17, 15) is 14.0 Å². The second kappa shape index (κ2) is 6.70. The highest BCUT2D eigenvalue weighted by Gasteiger charge is 2.21. The number of carbonyl (C=O) groups excluding carboxylic acids is 2. The van der Waals surface area contributed by atoms with Crippen molar-refractivity contribution in [2.75, 3.05) is 0 Å². The van der Waals surface area contributed by atoms with Crippen molar-refractivity contribution in [3.8, 4) is 0 Å². The monoisotopic (exact) mass is 301 g/mol. The molecular weight excluding hydrogens is 285 g/mol. The first-order valence-electron chi connectivity index (χ1n) is 6.11. The Labute approximate surface area is 122 Å². The normalized spacial score (nSPS) is 12.7. The van der Waals surface area contributed by atoms with Gasteiger partial charge in [-0.15, -0.1) is 0 Å². The lowest BCUT2D eigenvalue weighted by Gasteiger charge is -2.23. The molecule has 0 aliphatic carbocycles. The Balaban J connectivity index is 2.85. The standard InChI is InChI=1S/C14H17ClFNO3/c1-14(2,3)20-13(19)17-12(6-7-18)9-4-5-10(15)11(16)8-9/h4-5,7-8,12H,6H2,1-3H3,(H,17,19)/t12-/m0/s1. The van der Waals surface area contributed by atoms with Gasteiger partial charge in [0.1, 0.15) is 17.7 Å². The molecule has 0 bridgehead atoms. The highest BCUT2D eigenvalue weighted by molar-refractivity contribution is 6.30. The smallest absolute Gasteiger partial charge is 0.408 e. The maximum Gasteiger partial charge on any atom is 0.408 e. The van der Waals surface area contributed by atoms with Gasteiger partial charge in [0.2, 0.25) is 0 Å². The first-order valence-corrected chi connectivity index (χ1v) is 6.49. The second-order valence-corrected chi connectivity index (χ2v) is 5.68. The van der Waals surface area contributed by atoms with Crippen molar-refractivity contribution >= 4 is 24.0 Å². The zero-order chi connectivity index (χ0) is 15.3. The summed E-state index contributed by atoms with van der Waals surface area (Å²) >= 11 is 5.60. The number of benzene rings is 1. The number of halogens is 2. The van der Waals surface area contributed by atoms with Crippen molar-refractivity contribution in [3.63, 3.8) is 0 Å². The van der Waals surface area contributed by atoms with Crippen LogP contribution in [0.2, 0.25) is 5.02 Å². The summed E-state index contributed by atoms with van der Waals surface area (Å²) in [6.45, 7) is 5.18. The summed E-state index contributed by atoms with van der Waals surface area (Å²) in [7, 11) is 0. The third-order valence-corrected chi connectivity index (χ3v) is 2.68. The third kappa shape index (κ3) is 5.17. The summed E-state index contributed by atoms with van der Waals surface area (Å²) in [5, 5.41) is 2.52. The van der Waals surface area contributed by atoms with E-state index in [1.165, 1.54) is 12.1 Å². The highest BCUT2D eigenvalue weighted by Crippen LogP contribution is 2.22. The second-order valence-electron chi connectivity index (χ2n) is 5.27. The molecule has 1 rings (SSSR count). The molecule has 0 radical (unpaired) electrons. The molecule has 20 heavy (non-hydrogen) atoms. The number of aldehydes is 1. The highest BCUT2D eigenvalue weighted by atomic mass is 35.5. The number of hydrogen-bond acceptors (Lipinski definition) is 3. The van der Waals surface area contributed by atoms with Crippen LogP contribution < -0.4 is 5.32 Å². The van der Waals surface area contributed by atoms with Crippen molar-refractivity contribution in [3.05, 3.63) is 34.6 Å². The molecule has 0 heterocycles. The maximum atomic E-state index is 13.4. The molecule has 1 aromatic carbocycles. The summed E-state index contributed by atoms with van der Waals surface area (Å²) in [4.78, 5) is 22.4. The van der Waals surface area contributed by atoms with Crippen molar-refractivity contribution in [1.82, 2.24) is 5.32 Å². The third-order valence-electron chi connectivity index (χ3n) is 2.37. The van der Waals surface area contributed by atoms with Crippen molar-refractivity contribution in [1.29, 1.82) is 0 Å². The Morgan fingerprint density at radius 2 is 2.15 bits per heavy atom. The van der Waals surface area contributed by atoms with Crippen molar-refractivity contribution in [2.24, 2.45) is 0 Å². The number of rotatable bonds is 4. The first-order chi connectivity index (χ1) is 9.23. The number of amides is 1. The number of ether oxygens (including phenoxy) is 1. The van der Waals surface area contributed by atoms with Crippen LogP contribution >= 0.6 is 11.6 Å². The molecule has 1 aromatic rings. The van der Waals surface area contributed by atoms with Crippen molar-refractivity contribution < 1.29 is 18.7 Å². The van der Waals surface area contributed by atoms with Crippen LogP contribution in [0.1, 0.15) is 38.8 Å². The average Bonchev–Trinajstić information content (AvgIpc) is 2.30. The van der Waals surface area contributed by atoms with E-state index in [1.807, 2.05) is 0 Å². The molecular formula is C14H17ClFNO3. The van der Waals surface area contributed by atoms with E-state index < -0.39 is 23.6 Å². The summed E-state index contributed by atoms with van der Waals surface area (Å²) < 4.78 is 18.5. The van der Waals surface area contributed by atoms with Gasteiger partial charge >= 0.3 is 6.09 Å². The van der Waals surface area contributed by atoms with E-state index in [0.29, 0.717) is 11.8 Å². The van der Waals surface area contributed by atoms with Gasteiger partial charge in [-0.25, -0.2) is 9.18 Å². The van der Waals surface area contributed by atoms with Crippen molar-refractivity contribution in [2.45, 2.75) is 38.8 Å². The molecule has 0 saturated carbocycles. The molecule has 0 aliphatic rings. The molecule has 110 valence electrons. The minimum atomic E-state index is -0.667. The van der Waals surface area contributed by atoms with E-state index in [-0.39, 0.29) is 11.4 Å². The van der Waals surface area contributed by atoms with Gasteiger partial charge in [0, 0.05) is 6.42 Å². The maximum absolute atomic E-state index is 13.4. The minimum absolute atomic E-state index is 0.0142. The zero-order valence-electron chi connectivity index (χ0n) is 11.6. The topological polar surface area (TPSA) is 55.4 Å². The van der Waals surface area contributed by atoms with Crippen LogP contribution in [0.25, 0.3) is 0 Å². The van der Waals surface area contributed by atoms with Crippen LogP contribution in [0.4, 0.5) is 9.18 Å². The van der Waals surface area contributed by atoms with Gasteiger partial charge in [0.15, 0.2) is 0 Å². The lowest BCUT2D eigenvalue weighted by atomic mass is 10.0.